The number of imidazole rings is 1. The highest BCUT2D eigenvalue weighted by Crippen LogP contribution is 2.21. The van der Waals surface area contributed by atoms with E-state index in [2.05, 4.69) is 15.0 Å². The van der Waals surface area contributed by atoms with Crippen molar-refractivity contribution < 1.29 is 23.0 Å². The molecule has 2 heterocycles. The first-order valence-electron chi connectivity index (χ1n) is 7.52. The molecular weight excluding hydrogens is 320 g/mol. The Morgan fingerprint density at radius 3 is 3.04 bits per heavy atom. The van der Waals surface area contributed by atoms with E-state index in [1.807, 2.05) is 4.57 Å². The molecule has 1 aromatic heterocycles. The summed E-state index contributed by atoms with van der Waals surface area (Å²) in [4.78, 5) is 16.6. The van der Waals surface area contributed by atoms with Gasteiger partial charge < -0.3 is 19.4 Å². The summed E-state index contributed by atoms with van der Waals surface area (Å²) in [5.74, 6) is 0.439. The van der Waals surface area contributed by atoms with Gasteiger partial charge in [0.05, 0.1) is 12.6 Å². The predicted molar refractivity (Wildman–Crippen MR) is 80.8 cm³/mol. The molecule has 1 atom stereocenters. The van der Waals surface area contributed by atoms with Crippen LogP contribution in [0.5, 0.6) is 5.75 Å². The standard InChI is InChI=1S/C16H17F2N3O3/c1-10(11-3-2-4-12(7-11)24-16(17)18)19-15(22)13-8-21-5-6-23-9-14(21)20-13/h2-4,7-8,10,16H,5-6,9H2,1H3,(H,19,22). The number of carbonyl (C=O) groups is 1. The molecule has 24 heavy (non-hydrogen) atoms. The van der Waals surface area contributed by atoms with Crippen molar-refractivity contribution in [2.45, 2.75) is 32.7 Å². The maximum Gasteiger partial charge on any atom is 0.387 e. The van der Waals surface area contributed by atoms with Gasteiger partial charge in [-0.1, -0.05) is 12.1 Å². The predicted octanol–water partition coefficient (Wildman–Crippen LogP) is 2.51. The van der Waals surface area contributed by atoms with Crippen molar-refractivity contribution in [1.29, 1.82) is 0 Å². The molecule has 0 radical (unpaired) electrons. The molecule has 0 saturated carbocycles. The number of nitrogens with one attached hydrogen (secondary N) is 1. The van der Waals surface area contributed by atoms with Crippen LogP contribution in [0.1, 0.15) is 34.8 Å². The average Bonchev–Trinajstić information content (AvgIpc) is 2.98. The number of ether oxygens (including phenoxy) is 2. The lowest BCUT2D eigenvalue weighted by molar-refractivity contribution is -0.0499. The number of rotatable bonds is 5. The summed E-state index contributed by atoms with van der Waals surface area (Å²) in [6, 6.07) is 5.86. The maximum atomic E-state index is 12.3. The number of amides is 1. The van der Waals surface area contributed by atoms with Crippen LogP contribution in [0.3, 0.4) is 0 Å². The van der Waals surface area contributed by atoms with Crippen LogP contribution in [0, 0.1) is 0 Å². The van der Waals surface area contributed by atoms with E-state index in [1.165, 1.54) is 12.1 Å². The Morgan fingerprint density at radius 2 is 2.29 bits per heavy atom. The fourth-order valence-electron chi connectivity index (χ4n) is 2.51. The third-order valence-electron chi connectivity index (χ3n) is 3.73. The molecule has 3 rings (SSSR count). The van der Waals surface area contributed by atoms with E-state index < -0.39 is 6.61 Å². The topological polar surface area (TPSA) is 65.4 Å². The summed E-state index contributed by atoms with van der Waals surface area (Å²) in [6.45, 7) is 0.522. The van der Waals surface area contributed by atoms with Gasteiger partial charge in [-0.2, -0.15) is 8.78 Å². The first-order chi connectivity index (χ1) is 11.5. The second-order valence-electron chi connectivity index (χ2n) is 5.43. The number of carbonyl (C=O) groups excluding carboxylic acids is 1. The third-order valence-corrected chi connectivity index (χ3v) is 3.73. The third kappa shape index (κ3) is 3.70. The number of halogens is 2. The summed E-state index contributed by atoms with van der Waals surface area (Å²) >= 11 is 0. The van der Waals surface area contributed by atoms with E-state index >= 15 is 0 Å². The van der Waals surface area contributed by atoms with Gasteiger partial charge in [0.1, 0.15) is 23.9 Å². The van der Waals surface area contributed by atoms with Gasteiger partial charge in [0.15, 0.2) is 0 Å². The fourth-order valence-corrected chi connectivity index (χ4v) is 2.51. The maximum absolute atomic E-state index is 12.3. The number of fused-ring (bicyclic) bond motifs is 1. The second kappa shape index (κ2) is 6.96. The van der Waals surface area contributed by atoms with E-state index in [4.69, 9.17) is 4.74 Å². The van der Waals surface area contributed by atoms with E-state index in [9.17, 15) is 13.6 Å². The van der Waals surface area contributed by atoms with Crippen molar-refractivity contribution in [2.75, 3.05) is 6.61 Å². The van der Waals surface area contributed by atoms with Gasteiger partial charge in [-0.15, -0.1) is 0 Å². The molecular formula is C16H17F2N3O3. The quantitative estimate of drug-likeness (QED) is 0.910. The van der Waals surface area contributed by atoms with Gasteiger partial charge >= 0.3 is 6.61 Å². The molecule has 1 aliphatic heterocycles. The molecule has 0 aliphatic carbocycles. The Morgan fingerprint density at radius 1 is 1.46 bits per heavy atom. The number of aromatic nitrogens is 2. The summed E-state index contributed by atoms with van der Waals surface area (Å²) < 4.78 is 36.1. The Bertz CT molecular complexity index is 710. The minimum atomic E-state index is -2.88. The Balaban J connectivity index is 1.68. The zero-order chi connectivity index (χ0) is 17.1. The number of hydrogen-bond donors (Lipinski definition) is 1. The summed E-state index contributed by atoms with van der Waals surface area (Å²) in [6.07, 6.45) is 1.69. The summed E-state index contributed by atoms with van der Waals surface area (Å²) in [5, 5.41) is 2.80. The average molecular weight is 337 g/mol. The second-order valence-corrected chi connectivity index (χ2v) is 5.43. The van der Waals surface area contributed by atoms with Gasteiger partial charge in [0, 0.05) is 12.7 Å². The molecule has 1 unspecified atom stereocenters. The largest absolute Gasteiger partial charge is 0.435 e. The van der Waals surface area contributed by atoms with E-state index in [0.29, 0.717) is 36.8 Å². The first kappa shape index (κ1) is 16.4. The molecule has 1 N–H and O–H groups in total. The lowest BCUT2D eigenvalue weighted by Crippen LogP contribution is -2.27. The van der Waals surface area contributed by atoms with Crippen LogP contribution in [-0.2, 0) is 17.9 Å². The summed E-state index contributed by atoms with van der Waals surface area (Å²) in [7, 11) is 0. The van der Waals surface area contributed by atoms with Gasteiger partial charge in [-0.25, -0.2) is 4.98 Å². The number of hydrogen-bond acceptors (Lipinski definition) is 4. The van der Waals surface area contributed by atoms with Crippen molar-refractivity contribution >= 4 is 5.91 Å². The van der Waals surface area contributed by atoms with Crippen LogP contribution in [0.4, 0.5) is 8.78 Å². The fraction of sp³-hybridized carbons (Fsp3) is 0.375. The molecule has 0 saturated heterocycles. The van der Waals surface area contributed by atoms with Crippen molar-refractivity contribution in [3.8, 4) is 5.75 Å². The van der Waals surface area contributed by atoms with Crippen molar-refractivity contribution in [3.63, 3.8) is 0 Å². The Labute approximate surface area is 137 Å². The molecule has 0 spiro atoms. The highest BCUT2D eigenvalue weighted by molar-refractivity contribution is 5.92. The minimum absolute atomic E-state index is 0.0539. The van der Waals surface area contributed by atoms with Gasteiger partial charge in [0.2, 0.25) is 0 Å². The van der Waals surface area contributed by atoms with Crippen LogP contribution in [-0.4, -0.2) is 28.7 Å². The van der Waals surface area contributed by atoms with E-state index in [1.54, 1.807) is 25.3 Å². The molecule has 6 nitrogen and oxygen atoms in total. The van der Waals surface area contributed by atoms with Gasteiger partial charge in [-0.05, 0) is 24.6 Å². The van der Waals surface area contributed by atoms with Crippen molar-refractivity contribution in [3.05, 3.63) is 47.5 Å². The molecule has 1 aromatic carbocycles. The Kier molecular flexibility index (Phi) is 4.75. The molecule has 0 bridgehead atoms. The molecule has 128 valence electrons. The molecule has 0 fully saturated rings. The zero-order valence-electron chi connectivity index (χ0n) is 13.0. The molecule has 1 aliphatic rings. The van der Waals surface area contributed by atoms with E-state index in [-0.39, 0.29) is 17.7 Å². The van der Waals surface area contributed by atoms with Gasteiger partial charge in [-0.3, -0.25) is 4.79 Å². The smallest absolute Gasteiger partial charge is 0.387 e. The van der Waals surface area contributed by atoms with E-state index in [0.717, 1.165) is 0 Å². The highest BCUT2D eigenvalue weighted by atomic mass is 19.3. The molecule has 2 aromatic rings. The van der Waals surface area contributed by atoms with Crippen LogP contribution in [0.15, 0.2) is 30.5 Å². The van der Waals surface area contributed by atoms with Crippen molar-refractivity contribution in [1.82, 2.24) is 14.9 Å². The van der Waals surface area contributed by atoms with Crippen LogP contribution in [0.25, 0.3) is 0 Å². The molecule has 1 amide bonds. The van der Waals surface area contributed by atoms with Gasteiger partial charge in [0.25, 0.3) is 5.91 Å². The van der Waals surface area contributed by atoms with Crippen LogP contribution < -0.4 is 10.1 Å². The lowest BCUT2D eigenvalue weighted by Gasteiger charge is -2.14. The first-order valence-corrected chi connectivity index (χ1v) is 7.52. The minimum Gasteiger partial charge on any atom is -0.435 e. The van der Waals surface area contributed by atoms with Crippen LogP contribution in [0.2, 0.25) is 0 Å². The lowest BCUT2D eigenvalue weighted by atomic mass is 10.1. The normalized spacial score (nSPS) is 15.0. The van der Waals surface area contributed by atoms with Crippen molar-refractivity contribution in [2.24, 2.45) is 0 Å². The Hall–Kier alpha value is -2.48. The number of benzene rings is 1. The summed E-state index contributed by atoms with van der Waals surface area (Å²) in [5.41, 5.74) is 0.969. The van der Waals surface area contributed by atoms with Crippen LogP contribution >= 0.6 is 0 Å². The number of alkyl halides is 2. The molecule has 8 heteroatoms. The number of nitrogens with zero attached hydrogens (tertiary/aromatic N) is 2. The zero-order valence-corrected chi connectivity index (χ0v) is 13.0. The monoisotopic (exact) mass is 337 g/mol. The highest BCUT2D eigenvalue weighted by Gasteiger charge is 2.19. The SMILES string of the molecule is CC(NC(=O)c1cn2c(n1)COCC2)c1cccc(OC(F)F)c1.